The number of ether oxygens (including phenoxy) is 2. The predicted octanol–water partition coefficient (Wildman–Crippen LogP) is 2.84. The number of benzene rings is 1. The number of nitrogens with one attached hydrogen (secondary N) is 1. The summed E-state index contributed by atoms with van der Waals surface area (Å²) >= 11 is 0. The lowest BCUT2D eigenvalue weighted by Crippen LogP contribution is -2.45. The Labute approximate surface area is 133 Å². The number of hydrogen-bond donors (Lipinski definition) is 1. The molecule has 1 saturated heterocycles. The van der Waals surface area contributed by atoms with Gasteiger partial charge in [-0.1, -0.05) is 19.9 Å². The molecule has 1 aromatic carbocycles. The molecule has 0 amide bonds. The maximum absolute atomic E-state index is 5.77. The maximum Gasteiger partial charge on any atom is 0.161 e. The quantitative estimate of drug-likeness (QED) is 0.907. The summed E-state index contributed by atoms with van der Waals surface area (Å²) in [5.74, 6) is 2.54. The smallest absolute Gasteiger partial charge is 0.161 e. The van der Waals surface area contributed by atoms with Crippen LogP contribution in [0.4, 0.5) is 0 Å². The third kappa shape index (κ3) is 3.73. The molecule has 3 rings (SSSR count). The van der Waals surface area contributed by atoms with Crippen LogP contribution in [-0.2, 0) is 0 Å². The van der Waals surface area contributed by atoms with Gasteiger partial charge in [0.1, 0.15) is 13.2 Å². The molecule has 22 heavy (non-hydrogen) atoms. The number of rotatable bonds is 5. The van der Waals surface area contributed by atoms with Crippen LogP contribution in [0, 0.1) is 5.92 Å². The number of nitrogens with zero attached hydrogens (tertiary/aromatic N) is 1. The standard InChI is InChI=1S/C18H28N2O2/c1-14(2)3-5-16(20-9-7-19-8-10-20)15-4-6-17-18(13-15)22-12-11-21-17/h4,6,13-14,16,19H,3,5,7-12H2,1-2H3/t16-/m0/s1. The lowest BCUT2D eigenvalue weighted by molar-refractivity contribution is 0.155. The van der Waals surface area contributed by atoms with Crippen LogP contribution in [0.5, 0.6) is 11.5 Å². The summed E-state index contributed by atoms with van der Waals surface area (Å²) in [6.07, 6.45) is 2.46. The van der Waals surface area contributed by atoms with Gasteiger partial charge in [-0.15, -0.1) is 0 Å². The molecular weight excluding hydrogens is 276 g/mol. The molecule has 1 N–H and O–H groups in total. The first-order chi connectivity index (χ1) is 10.7. The fourth-order valence-electron chi connectivity index (χ4n) is 3.31. The first-order valence-electron chi connectivity index (χ1n) is 8.58. The second-order valence-corrected chi connectivity index (χ2v) is 6.68. The van der Waals surface area contributed by atoms with Gasteiger partial charge in [0.05, 0.1) is 0 Å². The molecule has 4 nitrogen and oxygen atoms in total. The van der Waals surface area contributed by atoms with Crippen molar-refractivity contribution in [3.8, 4) is 11.5 Å². The van der Waals surface area contributed by atoms with E-state index in [1.54, 1.807) is 0 Å². The summed E-state index contributed by atoms with van der Waals surface area (Å²) in [6, 6.07) is 6.98. The Morgan fingerprint density at radius 1 is 1.05 bits per heavy atom. The van der Waals surface area contributed by atoms with Gasteiger partial charge in [-0.05, 0) is 36.5 Å². The van der Waals surface area contributed by atoms with Gasteiger partial charge >= 0.3 is 0 Å². The molecular formula is C18H28N2O2. The van der Waals surface area contributed by atoms with Crippen LogP contribution in [0.2, 0.25) is 0 Å². The highest BCUT2D eigenvalue weighted by Crippen LogP contribution is 2.36. The molecule has 0 bridgehead atoms. The summed E-state index contributed by atoms with van der Waals surface area (Å²) < 4.78 is 11.4. The molecule has 1 atom stereocenters. The lowest BCUT2D eigenvalue weighted by atomic mass is 9.95. The minimum absolute atomic E-state index is 0.486. The van der Waals surface area contributed by atoms with Crippen LogP contribution < -0.4 is 14.8 Å². The summed E-state index contributed by atoms with van der Waals surface area (Å²) in [4.78, 5) is 2.62. The first kappa shape index (κ1) is 15.6. The average Bonchev–Trinajstić information content (AvgIpc) is 2.55. The average molecular weight is 304 g/mol. The molecule has 1 fully saturated rings. The van der Waals surface area contributed by atoms with Gasteiger partial charge < -0.3 is 14.8 Å². The zero-order chi connectivity index (χ0) is 15.4. The van der Waals surface area contributed by atoms with E-state index in [2.05, 4.69) is 42.3 Å². The SMILES string of the molecule is CC(C)CC[C@@H](c1ccc2c(c1)OCCO2)N1CCNCC1. The molecule has 4 heteroatoms. The Hall–Kier alpha value is -1.26. The van der Waals surface area contributed by atoms with E-state index in [0.717, 1.165) is 43.6 Å². The van der Waals surface area contributed by atoms with Gasteiger partial charge in [-0.3, -0.25) is 4.90 Å². The van der Waals surface area contributed by atoms with Crippen LogP contribution in [0.3, 0.4) is 0 Å². The number of fused-ring (bicyclic) bond motifs is 1. The van der Waals surface area contributed by atoms with Gasteiger partial charge in [0.15, 0.2) is 11.5 Å². The van der Waals surface area contributed by atoms with Crippen molar-refractivity contribution in [3.63, 3.8) is 0 Å². The van der Waals surface area contributed by atoms with Gasteiger partial charge in [-0.2, -0.15) is 0 Å². The van der Waals surface area contributed by atoms with Crippen LogP contribution in [0.25, 0.3) is 0 Å². The first-order valence-corrected chi connectivity index (χ1v) is 8.58. The van der Waals surface area contributed by atoms with Crippen molar-refractivity contribution in [2.45, 2.75) is 32.7 Å². The summed E-state index contributed by atoms with van der Waals surface area (Å²) in [5, 5.41) is 3.45. The number of piperazine rings is 1. The highest BCUT2D eigenvalue weighted by Gasteiger charge is 2.24. The normalized spacial score (nSPS) is 20.1. The number of hydrogen-bond acceptors (Lipinski definition) is 4. The van der Waals surface area contributed by atoms with E-state index in [1.807, 2.05) is 0 Å². The van der Waals surface area contributed by atoms with E-state index in [-0.39, 0.29) is 0 Å². The van der Waals surface area contributed by atoms with E-state index in [9.17, 15) is 0 Å². The second kappa shape index (κ2) is 7.34. The molecule has 0 aliphatic carbocycles. The van der Waals surface area contributed by atoms with Crippen molar-refractivity contribution in [1.29, 1.82) is 0 Å². The van der Waals surface area contributed by atoms with E-state index < -0.39 is 0 Å². The van der Waals surface area contributed by atoms with Gasteiger partial charge in [-0.25, -0.2) is 0 Å². The van der Waals surface area contributed by atoms with Crippen molar-refractivity contribution in [3.05, 3.63) is 23.8 Å². The zero-order valence-electron chi connectivity index (χ0n) is 13.8. The van der Waals surface area contributed by atoms with E-state index in [4.69, 9.17) is 9.47 Å². The van der Waals surface area contributed by atoms with Gasteiger partial charge in [0, 0.05) is 32.2 Å². The summed E-state index contributed by atoms with van der Waals surface area (Å²) in [6.45, 7) is 10.3. The Bertz CT molecular complexity index is 484. The predicted molar refractivity (Wildman–Crippen MR) is 88.7 cm³/mol. The molecule has 122 valence electrons. The monoisotopic (exact) mass is 304 g/mol. The third-order valence-corrected chi connectivity index (χ3v) is 4.56. The van der Waals surface area contributed by atoms with Crippen molar-refractivity contribution >= 4 is 0 Å². The molecule has 1 aromatic rings. The minimum atomic E-state index is 0.486. The topological polar surface area (TPSA) is 33.7 Å². The molecule has 0 aromatic heterocycles. The minimum Gasteiger partial charge on any atom is -0.486 e. The fourth-order valence-corrected chi connectivity index (χ4v) is 3.31. The second-order valence-electron chi connectivity index (χ2n) is 6.68. The summed E-state index contributed by atoms with van der Waals surface area (Å²) in [5.41, 5.74) is 1.37. The molecule has 2 aliphatic rings. The Morgan fingerprint density at radius 2 is 1.77 bits per heavy atom. The maximum atomic E-state index is 5.77. The van der Waals surface area contributed by atoms with E-state index >= 15 is 0 Å². The highest BCUT2D eigenvalue weighted by atomic mass is 16.6. The Kier molecular flexibility index (Phi) is 5.21. The van der Waals surface area contributed by atoms with Gasteiger partial charge in [0.25, 0.3) is 0 Å². The largest absolute Gasteiger partial charge is 0.486 e. The Morgan fingerprint density at radius 3 is 2.50 bits per heavy atom. The zero-order valence-corrected chi connectivity index (χ0v) is 13.8. The molecule has 0 radical (unpaired) electrons. The van der Waals surface area contributed by atoms with Crippen LogP contribution >= 0.6 is 0 Å². The third-order valence-electron chi connectivity index (χ3n) is 4.56. The molecule has 2 aliphatic heterocycles. The van der Waals surface area contributed by atoms with Crippen molar-refractivity contribution in [2.75, 3.05) is 39.4 Å². The highest BCUT2D eigenvalue weighted by molar-refractivity contribution is 5.44. The van der Waals surface area contributed by atoms with Crippen molar-refractivity contribution in [2.24, 2.45) is 5.92 Å². The molecule has 0 unspecified atom stereocenters. The molecule has 2 heterocycles. The fraction of sp³-hybridized carbons (Fsp3) is 0.667. The van der Waals surface area contributed by atoms with Crippen LogP contribution in [-0.4, -0.2) is 44.3 Å². The van der Waals surface area contributed by atoms with E-state index in [0.29, 0.717) is 19.3 Å². The molecule has 0 spiro atoms. The van der Waals surface area contributed by atoms with Crippen molar-refractivity contribution < 1.29 is 9.47 Å². The van der Waals surface area contributed by atoms with E-state index in [1.165, 1.54) is 18.4 Å². The summed E-state index contributed by atoms with van der Waals surface area (Å²) in [7, 11) is 0. The Balaban J connectivity index is 1.80. The van der Waals surface area contributed by atoms with Gasteiger partial charge in [0.2, 0.25) is 0 Å². The molecule has 0 saturated carbocycles. The van der Waals surface area contributed by atoms with Crippen LogP contribution in [0.1, 0.15) is 38.3 Å². The van der Waals surface area contributed by atoms with Crippen molar-refractivity contribution in [1.82, 2.24) is 10.2 Å². The lowest BCUT2D eigenvalue weighted by Gasteiger charge is -2.36. The van der Waals surface area contributed by atoms with Crippen LogP contribution in [0.15, 0.2) is 18.2 Å².